The van der Waals surface area contributed by atoms with Crippen molar-refractivity contribution >= 4 is 5.91 Å². The Kier molecular flexibility index (Phi) is 4.08. The number of carbonyl (C=O) groups excluding carboxylic acids is 1. The van der Waals surface area contributed by atoms with E-state index in [0.717, 1.165) is 19.4 Å². The average Bonchev–Trinajstić information content (AvgIpc) is 3.11. The summed E-state index contributed by atoms with van der Waals surface area (Å²) in [4.78, 5) is 11.8. The third-order valence-electron chi connectivity index (χ3n) is 4.21. The van der Waals surface area contributed by atoms with Gasteiger partial charge in [0, 0.05) is 12.6 Å². The topological polar surface area (TPSA) is 41.1 Å². The molecule has 0 heterocycles. The van der Waals surface area contributed by atoms with Gasteiger partial charge < -0.3 is 10.6 Å². The van der Waals surface area contributed by atoms with Crippen LogP contribution < -0.4 is 10.6 Å². The first-order valence-corrected chi connectivity index (χ1v) is 7.13. The van der Waals surface area contributed by atoms with Gasteiger partial charge in [-0.05, 0) is 38.0 Å². The van der Waals surface area contributed by atoms with Crippen LogP contribution in [-0.4, -0.2) is 24.5 Å². The van der Waals surface area contributed by atoms with Crippen molar-refractivity contribution in [3.05, 3.63) is 0 Å². The summed E-state index contributed by atoms with van der Waals surface area (Å²) in [7, 11) is 0. The molecule has 0 aromatic carbocycles. The Morgan fingerprint density at radius 2 is 1.94 bits per heavy atom. The van der Waals surface area contributed by atoms with Gasteiger partial charge in [-0.2, -0.15) is 0 Å². The Morgan fingerprint density at radius 3 is 2.53 bits per heavy atom. The summed E-state index contributed by atoms with van der Waals surface area (Å²) >= 11 is 0. The van der Waals surface area contributed by atoms with Crippen molar-refractivity contribution in [2.24, 2.45) is 5.41 Å². The van der Waals surface area contributed by atoms with Crippen molar-refractivity contribution in [3.8, 4) is 0 Å². The first kappa shape index (κ1) is 12.9. The maximum absolute atomic E-state index is 11.8. The first-order chi connectivity index (χ1) is 8.09. The molecule has 2 aliphatic carbocycles. The molecule has 0 aromatic heterocycles. The normalized spacial score (nSPS) is 25.3. The van der Waals surface area contributed by atoms with Crippen LogP contribution in [0.4, 0.5) is 0 Å². The molecule has 1 unspecified atom stereocenters. The Hall–Kier alpha value is -0.570. The minimum atomic E-state index is -0.0469. The fourth-order valence-electron chi connectivity index (χ4n) is 2.63. The molecule has 0 spiro atoms. The van der Waals surface area contributed by atoms with Crippen molar-refractivity contribution in [2.75, 3.05) is 6.54 Å². The summed E-state index contributed by atoms with van der Waals surface area (Å²) in [5.41, 5.74) is 0.409. The number of carbonyl (C=O) groups is 1. The van der Waals surface area contributed by atoms with E-state index in [1.165, 1.54) is 32.1 Å². The first-order valence-electron chi connectivity index (χ1n) is 7.13. The van der Waals surface area contributed by atoms with Crippen LogP contribution in [0.5, 0.6) is 0 Å². The molecule has 2 fully saturated rings. The Morgan fingerprint density at radius 1 is 1.29 bits per heavy atom. The third-order valence-corrected chi connectivity index (χ3v) is 4.21. The quantitative estimate of drug-likeness (QED) is 0.771. The van der Waals surface area contributed by atoms with E-state index in [1.54, 1.807) is 0 Å². The van der Waals surface area contributed by atoms with Crippen LogP contribution in [0.3, 0.4) is 0 Å². The van der Waals surface area contributed by atoms with Gasteiger partial charge in [-0.25, -0.2) is 0 Å². The molecule has 2 N–H and O–H groups in total. The van der Waals surface area contributed by atoms with E-state index in [9.17, 15) is 4.79 Å². The Bertz CT molecular complexity index is 267. The molecule has 0 bridgehead atoms. The summed E-state index contributed by atoms with van der Waals surface area (Å²) in [6.45, 7) is 5.31. The molecular weight excluding hydrogens is 212 g/mol. The van der Waals surface area contributed by atoms with Gasteiger partial charge >= 0.3 is 0 Å². The number of rotatable bonds is 5. The highest BCUT2D eigenvalue weighted by atomic mass is 16.2. The van der Waals surface area contributed by atoms with Gasteiger partial charge in [-0.15, -0.1) is 0 Å². The van der Waals surface area contributed by atoms with E-state index in [1.807, 2.05) is 6.92 Å². The summed E-state index contributed by atoms with van der Waals surface area (Å²) in [5, 5.41) is 6.47. The van der Waals surface area contributed by atoms with E-state index in [2.05, 4.69) is 17.6 Å². The second kappa shape index (κ2) is 5.38. The number of amides is 1. The second-order valence-corrected chi connectivity index (χ2v) is 6.26. The Labute approximate surface area is 105 Å². The summed E-state index contributed by atoms with van der Waals surface area (Å²) in [5.74, 6) is 0.173. The predicted octanol–water partition coefficient (Wildman–Crippen LogP) is 2.21. The largest absolute Gasteiger partial charge is 0.352 e. The lowest BCUT2D eigenvalue weighted by molar-refractivity contribution is -0.123. The molecule has 0 aromatic rings. The van der Waals surface area contributed by atoms with Crippen molar-refractivity contribution in [1.82, 2.24) is 10.6 Å². The third kappa shape index (κ3) is 3.98. The van der Waals surface area contributed by atoms with Crippen LogP contribution in [0, 0.1) is 5.41 Å². The van der Waals surface area contributed by atoms with E-state index < -0.39 is 0 Å². The fraction of sp³-hybridized carbons (Fsp3) is 0.929. The lowest BCUT2D eigenvalue weighted by Crippen LogP contribution is -2.46. The molecule has 2 saturated carbocycles. The smallest absolute Gasteiger partial charge is 0.237 e. The van der Waals surface area contributed by atoms with Crippen molar-refractivity contribution in [1.29, 1.82) is 0 Å². The molecule has 0 saturated heterocycles. The zero-order chi connectivity index (χ0) is 12.3. The lowest BCUT2D eigenvalue weighted by atomic mass is 9.75. The zero-order valence-electron chi connectivity index (χ0n) is 11.2. The number of hydrogen-bond donors (Lipinski definition) is 2. The van der Waals surface area contributed by atoms with Crippen molar-refractivity contribution in [3.63, 3.8) is 0 Å². The van der Waals surface area contributed by atoms with E-state index in [0.29, 0.717) is 11.5 Å². The molecule has 0 radical (unpaired) electrons. The average molecular weight is 238 g/mol. The van der Waals surface area contributed by atoms with Crippen molar-refractivity contribution < 1.29 is 4.79 Å². The lowest BCUT2D eigenvalue weighted by Gasteiger charge is -2.34. The zero-order valence-corrected chi connectivity index (χ0v) is 11.2. The molecule has 1 amide bonds. The summed E-state index contributed by atoms with van der Waals surface area (Å²) in [6.07, 6.45) is 9.01. The fourth-order valence-corrected chi connectivity index (χ4v) is 2.63. The van der Waals surface area contributed by atoms with Gasteiger partial charge in [0.2, 0.25) is 5.91 Å². The highest BCUT2D eigenvalue weighted by Crippen LogP contribution is 2.34. The van der Waals surface area contributed by atoms with Crippen LogP contribution in [0.15, 0.2) is 0 Å². The van der Waals surface area contributed by atoms with E-state index in [-0.39, 0.29) is 11.9 Å². The second-order valence-electron chi connectivity index (χ2n) is 6.26. The van der Waals surface area contributed by atoms with Crippen LogP contribution in [0.2, 0.25) is 0 Å². The van der Waals surface area contributed by atoms with Crippen LogP contribution in [0.1, 0.15) is 58.8 Å². The number of nitrogens with one attached hydrogen (secondary N) is 2. The highest BCUT2D eigenvalue weighted by Gasteiger charge is 2.29. The molecule has 3 heteroatoms. The minimum Gasteiger partial charge on any atom is -0.352 e. The van der Waals surface area contributed by atoms with Gasteiger partial charge in [-0.3, -0.25) is 4.79 Å². The molecule has 3 nitrogen and oxygen atoms in total. The molecular formula is C14H26N2O. The maximum atomic E-state index is 11.8. The van der Waals surface area contributed by atoms with Gasteiger partial charge in [0.05, 0.1) is 6.04 Å². The van der Waals surface area contributed by atoms with Gasteiger partial charge in [-0.1, -0.05) is 26.2 Å². The number of hydrogen-bond acceptors (Lipinski definition) is 2. The van der Waals surface area contributed by atoms with Gasteiger partial charge in [0.1, 0.15) is 0 Å². The minimum absolute atomic E-state index is 0.0469. The van der Waals surface area contributed by atoms with Gasteiger partial charge in [0.15, 0.2) is 0 Å². The summed E-state index contributed by atoms with van der Waals surface area (Å²) in [6, 6.07) is 0.423. The molecule has 98 valence electrons. The molecule has 2 aliphatic rings. The van der Waals surface area contributed by atoms with Crippen molar-refractivity contribution in [2.45, 2.75) is 70.9 Å². The van der Waals surface area contributed by atoms with Crippen LogP contribution >= 0.6 is 0 Å². The summed E-state index contributed by atoms with van der Waals surface area (Å²) < 4.78 is 0. The maximum Gasteiger partial charge on any atom is 0.237 e. The van der Waals surface area contributed by atoms with E-state index >= 15 is 0 Å². The standard InChI is InChI=1S/C14H26N2O/c1-11(13(17)16-12-6-7-12)15-10-14(2)8-4-3-5-9-14/h11-12,15H,3-10H2,1-2H3,(H,16,17). The predicted molar refractivity (Wildman–Crippen MR) is 69.8 cm³/mol. The molecule has 1 atom stereocenters. The van der Waals surface area contributed by atoms with Crippen LogP contribution in [-0.2, 0) is 4.79 Å². The van der Waals surface area contributed by atoms with E-state index in [4.69, 9.17) is 0 Å². The molecule has 2 rings (SSSR count). The monoisotopic (exact) mass is 238 g/mol. The van der Waals surface area contributed by atoms with Gasteiger partial charge in [0.25, 0.3) is 0 Å². The molecule has 0 aliphatic heterocycles. The highest BCUT2D eigenvalue weighted by molar-refractivity contribution is 5.81. The molecule has 17 heavy (non-hydrogen) atoms. The SMILES string of the molecule is CC(NCC1(C)CCCCC1)C(=O)NC1CC1. The van der Waals surface area contributed by atoms with Crippen LogP contribution in [0.25, 0.3) is 0 Å². The Balaban J connectivity index is 1.70.